The van der Waals surface area contributed by atoms with Crippen LogP contribution in [0.1, 0.15) is 6.92 Å². The fraction of sp³-hybridized carbons (Fsp3) is 0.667. The van der Waals surface area contributed by atoms with Crippen LogP contribution in [0.15, 0.2) is 5.16 Å². The predicted octanol–water partition coefficient (Wildman–Crippen LogP) is 0.500. The molecule has 0 aliphatic rings. The number of thioether (sulfide) groups is 1. The van der Waals surface area contributed by atoms with Gasteiger partial charge in [0.05, 0.1) is 25.5 Å². The molecule has 0 fully saturated rings. The molecule has 0 spiro atoms. The number of methoxy groups -OCH3 is 1. The summed E-state index contributed by atoms with van der Waals surface area (Å²) < 4.78 is 12.0. The van der Waals surface area contributed by atoms with E-state index in [9.17, 15) is 4.79 Å². The molecule has 1 heterocycles. The number of hydrogen-bond acceptors (Lipinski definition) is 6. The lowest BCUT2D eigenvalue weighted by atomic mass is 10.7. The van der Waals surface area contributed by atoms with E-state index < -0.39 is 5.97 Å². The minimum Gasteiger partial charge on any atom is -0.481 e. The van der Waals surface area contributed by atoms with Crippen molar-refractivity contribution in [2.24, 2.45) is 0 Å². The molecule has 7 nitrogen and oxygen atoms in total. The Kier molecular flexibility index (Phi) is 5.78. The Labute approximate surface area is 103 Å². The Morgan fingerprint density at radius 2 is 2.29 bits per heavy atom. The van der Waals surface area contributed by atoms with Gasteiger partial charge in [-0.2, -0.15) is 0 Å². The average Bonchev–Trinajstić information content (AvgIpc) is 2.67. The Morgan fingerprint density at radius 3 is 2.88 bits per heavy atom. The molecule has 0 radical (unpaired) electrons. The van der Waals surface area contributed by atoms with E-state index in [1.165, 1.54) is 0 Å². The molecular formula is C9H15N3O4S. The highest BCUT2D eigenvalue weighted by Gasteiger charge is 2.14. The van der Waals surface area contributed by atoms with Crippen LogP contribution in [0.5, 0.6) is 6.01 Å². The van der Waals surface area contributed by atoms with Crippen LogP contribution in [-0.4, -0.2) is 51.9 Å². The lowest BCUT2D eigenvalue weighted by Crippen LogP contribution is -2.10. The molecule has 0 unspecified atom stereocenters. The summed E-state index contributed by atoms with van der Waals surface area (Å²) in [6, 6.07) is 0.387. The molecule has 1 rings (SSSR count). The number of carbonyl (C=O) groups is 1. The summed E-state index contributed by atoms with van der Waals surface area (Å²) >= 11 is 1.11. The van der Waals surface area contributed by atoms with Gasteiger partial charge in [-0.1, -0.05) is 16.9 Å². The third kappa shape index (κ3) is 4.23. The van der Waals surface area contributed by atoms with Crippen LogP contribution in [0, 0.1) is 0 Å². The van der Waals surface area contributed by atoms with Crippen LogP contribution in [0.4, 0.5) is 0 Å². The fourth-order valence-corrected chi connectivity index (χ4v) is 1.79. The summed E-state index contributed by atoms with van der Waals surface area (Å²) in [6.07, 6.45) is 0. The highest BCUT2D eigenvalue weighted by molar-refractivity contribution is 7.99. The first-order chi connectivity index (χ1) is 8.19. The quantitative estimate of drug-likeness (QED) is 0.682. The molecule has 0 aliphatic carbocycles. The summed E-state index contributed by atoms with van der Waals surface area (Å²) in [6.45, 7) is 3.34. The van der Waals surface area contributed by atoms with Crippen molar-refractivity contribution in [2.45, 2.75) is 18.6 Å². The summed E-state index contributed by atoms with van der Waals surface area (Å²) in [5.74, 6) is -0.953. The van der Waals surface area contributed by atoms with Gasteiger partial charge in [0.15, 0.2) is 5.16 Å². The highest BCUT2D eigenvalue weighted by atomic mass is 32.2. The molecule has 0 amide bonds. The van der Waals surface area contributed by atoms with Gasteiger partial charge in [-0.25, -0.2) is 0 Å². The SMILES string of the molecule is CCOc1nnc(SCC(=O)O)n1CCOC. The second-order valence-corrected chi connectivity index (χ2v) is 3.97. The molecule has 0 atom stereocenters. The molecule has 1 N–H and O–H groups in total. The maximum atomic E-state index is 10.5. The predicted molar refractivity (Wildman–Crippen MR) is 61.4 cm³/mol. The third-order valence-electron chi connectivity index (χ3n) is 1.80. The smallest absolute Gasteiger partial charge is 0.317 e. The van der Waals surface area contributed by atoms with Crippen molar-refractivity contribution in [3.05, 3.63) is 0 Å². The Morgan fingerprint density at radius 1 is 1.53 bits per heavy atom. The van der Waals surface area contributed by atoms with Crippen molar-refractivity contribution in [3.63, 3.8) is 0 Å². The average molecular weight is 261 g/mol. The van der Waals surface area contributed by atoms with E-state index in [2.05, 4.69) is 10.2 Å². The van der Waals surface area contributed by atoms with E-state index in [4.69, 9.17) is 14.6 Å². The molecule has 96 valence electrons. The largest absolute Gasteiger partial charge is 0.481 e. The van der Waals surface area contributed by atoms with Gasteiger partial charge in [0.2, 0.25) is 0 Å². The molecule has 0 aromatic carbocycles. The molecule has 1 aromatic heterocycles. The maximum Gasteiger partial charge on any atom is 0.317 e. The number of aromatic nitrogens is 3. The maximum absolute atomic E-state index is 10.5. The van der Waals surface area contributed by atoms with E-state index >= 15 is 0 Å². The Bertz CT molecular complexity index is 369. The standard InChI is InChI=1S/C9H15N3O4S/c1-3-16-8-10-11-9(17-6-7(13)14)12(8)4-5-15-2/h3-6H2,1-2H3,(H,13,14). The highest BCUT2D eigenvalue weighted by Crippen LogP contribution is 2.20. The van der Waals surface area contributed by atoms with Crippen molar-refractivity contribution in [1.82, 2.24) is 14.8 Å². The van der Waals surface area contributed by atoms with Crippen LogP contribution in [0.2, 0.25) is 0 Å². The van der Waals surface area contributed by atoms with Crippen LogP contribution in [0.3, 0.4) is 0 Å². The van der Waals surface area contributed by atoms with Gasteiger partial charge in [0.25, 0.3) is 0 Å². The molecule has 17 heavy (non-hydrogen) atoms. The summed E-state index contributed by atoms with van der Waals surface area (Å²) in [5.41, 5.74) is 0. The first-order valence-corrected chi connectivity index (χ1v) is 6.07. The topological polar surface area (TPSA) is 86.5 Å². The zero-order valence-electron chi connectivity index (χ0n) is 9.75. The second kappa shape index (κ2) is 7.13. The molecule has 0 saturated carbocycles. The van der Waals surface area contributed by atoms with Crippen molar-refractivity contribution >= 4 is 17.7 Å². The first kappa shape index (κ1) is 13.8. The van der Waals surface area contributed by atoms with Crippen molar-refractivity contribution in [1.29, 1.82) is 0 Å². The molecule has 0 saturated heterocycles. The Hall–Kier alpha value is -1.28. The molecule has 1 aromatic rings. The van der Waals surface area contributed by atoms with E-state index in [0.717, 1.165) is 11.8 Å². The zero-order valence-corrected chi connectivity index (χ0v) is 10.6. The number of aliphatic carboxylic acids is 1. The number of carboxylic acid groups (broad SMARTS) is 1. The van der Waals surface area contributed by atoms with Crippen molar-refractivity contribution < 1.29 is 19.4 Å². The number of nitrogens with zero attached hydrogens (tertiary/aromatic N) is 3. The fourth-order valence-electron chi connectivity index (χ4n) is 1.12. The lowest BCUT2D eigenvalue weighted by molar-refractivity contribution is -0.133. The molecule has 0 aliphatic heterocycles. The van der Waals surface area contributed by atoms with Gasteiger partial charge in [-0.3, -0.25) is 9.36 Å². The van der Waals surface area contributed by atoms with Gasteiger partial charge in [-0.05, 0) is 6.92 Å². The van der Waals surface area contributed by atoms with E-state index in [0.29, 0.717) is 30.9 Å². The molecular weight excluding hydrogens is 246 g/mol. The van der Waals surface area contributed by atoms with E-state index in [1.807, 2.05) is 6.92 Å². The monoisotopic (exact) mass is 261 g/mol. The lowest BCUT2D eigenvalue weighted by Gasteiger charge is -2.08. The van der Waals surface area contributed by atoms with Gasteiger partial charge < -0.3 is 14.6 Å². The number of hydrogen-bond donors (Lipinski definition) is 1. The number of rotatable bonds is 8. The van der Waals surface area contributed by atoms with E-state index in [1.54, 1.807) is 11.7 Å². The minimum atomic E-state index is -0.894. The van der Waals surface area contributed by atoms with Crippen molar-refractivity contribution in [3.8, 4) is 6.01 Å². The first-order valence-electron chi connectivity index (χ1n) is 5.08. The van der Waals surface area contributed by atoms with Gasteiger partial charge in [0, 0.05) is 7.11 Å². The number of ether oxygens (including phenoxy) is 2. The Balaban J connectivity index is 2.75. The minimum absolute atomic E-state index is 0.0583. The molecule has 8 heteroatoms. The summed E-state index contributed by atoms with van der Waals surface area (Å²) in [7, 11) is 1.59. The van der Waals surface area contributed by atoms with Gasteiger partial charge >= 0.3 is 12.0 Å². The van der Waals surface area contributed by atoms with Crippen LogP contribution >= 0.6 is 11.8 Å². The number of carboxylic acids is 1. The molecule has 0 bridgehead atoms. The summed E-state index contributed by atoms with van der Waals surface area (Å²) in [5, 5.41) is 16.9. The zero-order chi connectivity index (χ0) is 12.7. The summed E-state index contributed by atoms with van der Waals surface area (Å²) in [4.78, 5) is 10.5. The van der Waals surface area contributed by atoms with Crippen LogP contribution in [0.25, 0.3) is 0 Å². The van der Waals surface area contributed by atoms with Crippen LogP contribution in [-0.2, 0) is 16.1 Å². The normalized spacial score (nSPS) is 10.5. The van der Waals surface area contributed by atoms with Crippen molar-refractivity contribution in [2.75, 3.05) is 26.1 Å². The third-order valence-corrected chi connectivity index (χ3v) is 2.75. The van der Waals surface area contributed by atoms with E-state index in [-0.39, 0.29) is 5.75 Å². The van der Waals surface area contributed by atoms with Gasteiger partial charge in [0.1, 0.15) is 0 Å². The van der Waals surface area contributed by atoms with Crippen LogP contribution < -0.4 is 4.74 Å². The van der Waals surface area contributed by atoms with Gasteiger partial charge in [-0.15, -0.1) is 5.10 Å². The second-order valence-electron chi connectivity index (χ2n) is 3.03.